The quantitative estimate of drug-likeness (QED) is 0.596. The number of carboxylic acid groups (broad SMARTS) is 1. The second-order valence-electron chi connectivity index (χ2n) is 7.18. The first kappa shape index (κ1) is 18.5. The zero-order valence-corrected chi connectivity index (χ0v) is 15.5. The van der Waals surface area contributed by atoms with Gasteiger partial charge in [0.25, 0.3) is 0 Å². The van der Waals surface area contributed by atoms with Crippen LogP contribution in [0.25, 0.3) is 0 Å². The molecule has 0 saturated carbocycles. The standard InChI is InChI=1S/C23H28O3/c1-2-3-4-5-6-7-17-8-10-18(11-9-17)21-14-12-19-16-20(23(24)25)13-15-22(19)26-21/h8-11,13,15-16,21H,2-7,12,14H2,1H3,(H,24,25). The number of hydrogen-bond acceptors (Lipinski definition) is 2. The zero-order chi connectivity index (χ0) is 18.4. The fraction of sp³-hybridized carbons (Fsp3) is 0.435. The number of rotatable bonds is 8. The maximum atomic E-state index is 11.1. The van der Waals surface area contributed by atoms with E-state index in [0.717, 1.165) is 30.6 Å². The average molecular weight is 352 g/mol. The summed E-state index contributed by atoms with van der Waals surface area (Å²) < 4.78 is 6.13. The van der Waals surface area contributed by atoms with E-state index < -0.39 is 5.97 Å². The molecular formula is C23H28O3. The van der Waals surface area contributed by atoms with Crippen LogP contribution in [0.15, 0.2) is 42.5 Å². The number of hydrogen-bond donors (Lipinski definition) is 1. The minimum atomic E-state index is -0.889. The second kappa shape index (κ2) is 8.88. The van der Waals surface area contributed by atoms with Gasteiger partial charge in [0.1, 0.15) is 11.9 Å². The minimum Gasteiger partial charge on any atom is -0.485 e. The van der Waals surface area contributed by atoms with Gasteiger partial charge >= 0.3 is 5.97 Å². The third-order valence-corrected chi connectivity index (χ3v) is 5.17. The molecule has 0 saturated heterocycles. The van der Waals surface area contributed by atoms with Crippen molar-refractivity contribution in [3.63, 3.8) is 0 Å². The normalized spacial score (nSPS) is 16.0. The highest BCUT2D eigenvalue weighted by Crippen LogP contribution is 2.35. The number of carboxylic acids is 1. The molecule has 0 fully saturated rings. The van der Waals surface area contributed by atoms with Crippen LogP contribution in [-0.4, -0.2) is 11.1 Å². The van der Waals surface area contributed by atoms with Crippen molar-refractivity contribution in [3.05, 3.63) is 64.7 Å². The molecule has 138 valence electrons. The van der Waals surface area contributed by atoms with Gasteiger partial charge in [0, 0.05) is 0 Å². The summed E-state index contributed by atoms with van der Waals surface area (Å²) >= 11 is 0. The van der Waals surface area contributed by atoms with Gasteiger partial charge < -0.3 is 9.84 Å². The second-order valence-corrected chi connectivity index (χ2v) is 7.18. The number of aromatic carboxylic acids is 1. The number of unbranched alkanes of at least 4 members (excludes halogenated alkanes) is 4. The van der Waals surface area contributed by atoms with Gasteiger partial charge in [-0.15, -0.1) is 0 Å². The number of benzene rings is 2. The Labute approximate surface area is 156 Å². The number of carbonyl (C=O) groups is 1. The molecule has 0 spiro atoms. The van der Waals surface area contributed by atoms with Gasteiger partial charge in [-0.2, -0.15) is 0 Å². The molecule has 0 aromatic heterocycles. The van der Waals surface area contributed by atoms with E-state index in [1.807, 2.05) is 0 Å². The summed E-state index contributed by atoms with van der Waals surface area (Å²) in [5.74, 6) is -0.0774. The smallest absolute Gasteiger partial charge is 0.335 e. The van der Waals surface area contributed by atoms with Crippen LogP contribution in [0.1, 0.15) is 78.6 Å². The van der Waals surface area contributed by atoms with Crippen LogP contribution in [0.2, 0.25) is 0 Å². The topological polar surface area (TPSA) is 46.5 Å². The predicted octanol–water partition coefficient (Wildman–Crippen LogP) is 5.96. The highest BCUT2D eigenvalue weighted by molar-refractivity contribution is 5.88. The third kappa shape index (κ3) is 4.66. The van der Waals surface area contributed by atoms with Gasteiger partial charge in [-0.3, -0.25) is 0 Å². The van der Waals surface area contributed by atoms with Crippen molar-refractivity contribution in [1.29, 1.82) is 0 Å². The first-order chi connectivity index (χ1) is 12.7. The van der Waals surface area contributed by atoms with Crippen molar-refractivity contribution >= 4 is 5.97 Å². The van der Waals surface area contributed by atoms with Crippen LogP contribution in [0, 0.1) is 0 Å². The van der Waals surface area contributed by atoms with Gasteiger partial charge in [0.2, 0.25) is 0 Å². The molecule has 0 radical (unpaired) electrons. The predicted molar refractivity (Wildman–Crippen MR) is 104 cm³/mol. The van der Waals surface area contributed by atoms with Crippen LogP contribution >= 0.6 is 0 Å². The monoisotopic (exact) mass is 352 g/mol. The maximum absolute atomic E-state index is 11.1. The Balaban J connectivity index is 1.57. The average Bonchev–Trinajstić information content (AvgIpc) is 2.67. The van der Waals surface area contributed by atoms with Crippen molar-refractivity contribution in [2.75, 3.05) is 0 Å². The number of aryl methyl sites for hydroxylation is 2. The molecule has 1 atom stereocenters. The van der Waals surface area contributed by atoms with Gasteiger partial charge in [0.15, 0.2) is 0 Å². The van der Waals surface area contributed by atoms with E-state index in [0.29, 0.717) is 5.56 Å². The molecule has 0 aliphatic carbocycles. The van der Waals surface area contributed by atoms with Crippen molar-refractivity contribution in [1.82, 2.24) is 0 Å². The molecule has 26 heavy (non-hydrogen) atoms. The van der Waals surface area contributed by atoms with Gasteiger partial charge in [-0.05, 0) is 60.6 Å². The Hall–Kier alpha value is -2.29. The summed E-state index contributed by atoms with van der Waals surface area (Å²) in [4.78, 5) is 11.1. The van der Waals surface area contributed by atoms with Crippen LogP contribution in [0.5, 0.6) is 5.75 Å². The van der Waals surface area contributed by atoms with E-state index in [-0.39, 0.29) is 6.10 Å². The van der Waals surface area contributed by atoms with E-state index in [9.17, 15) is 4.79 Å². The molecular weight excluding hydrogens is 324 g/mol. The van der Waals surface area contributed by atoms with Gasteiger partial charge in [0.05, 0.1) is 5.56 Å². The third-order valence-electron chi connectivity index (χ3n) is 5.17. The Morgan fingerprint density at radius 2 is 1.85 bits per heavy atom. The van der Waals surface area contributed by atoms with Crippen molar-refractivity contribution in [2.45, 2.75) is 64.4 Å². The highest BCUT2D eigenvalue weighted by atomic mass is 16.5. The molecule has 3 nitrogen and oxygen atoms in total. The lowest BCUT2D eigenvalue weighted by atomic mass is 9.95. The summed E-state index contributed by atoms with van der Waals surface area (Å²) in [6, 6.07) is 13.9. The van der Waals surface area contributed by atoms with Gasteiger partial charge in [-0.1, -0.05) is 56.9 Å². The summed E-state index contributed by atoms with van der Waals surface area (Å²) in [6.07, 6.45) is 9.48. The first-order valence-corrected chi connectivity index (χ1v) is 9.79. The molecule has 2 aromatic carbocycles. The van der Waals surface area contributed by atoms with E-state index in [4.69, 9.17) is 9.84 Å². The fourth-order valence-electron chi connectivity index (χ4n) is 3.59. The lowest BCUT2D eigenvalue weighted by Gasteiger charge is -2.26. The van der Waals surface area contributed by atoms with E-state index >= 15 is 0 Å². The molecule has 0 amide bonds. The molecule has 1 N–H and O–H groups in total. The minimum absolute atomic E-state index is 0.0526. The Morgan fingerprint density at radius 3 is 2.58 bits per heavy atom. The molecule has 1 heterocycles. The van der Waals surface area contributed by atoms with E-state index in [1.165, 1.54) is 43.2 Å². The van der Waals surface area contributed by atoms with Crippen molar-refractivity contribution in [2.24, 2.45) is 0 Å². The zero-order valence-electron chi connectivity index (χ0n) is 15.5. The SMILES string of the molecule is CCCCCCCc1ccc(C2CCc3cc(C(=O)O)ccc3O2)cc1. The van der Waals surface area contributed by atoms with Crippen LogP contribution in [-0.2, 0) is 12.8 Å². The van der Waals surface area contributed by atoms with Crippen LogP contribution < -0.4 is 4.74 Å². The summed E-state index contributed by atoms with van der Waals surface area (Å²) in [5, 5.41) is 9.11. The summed E-state index contributed by atoms with van der Waals surface area (Å²) in [7, 11) is 0. The van der Waals surface area contributed by atoms with Crippen LogP contribution in [0.3, 0.4) is 0 Å². The lowest BCUT2D eigenvalue weighted by molar-refractivity contribution is 0.0696. The molecule has 0 bridgehead atoms. The summed E-state index contributed by atoms with van der Waals surface area (Å²) in [5.41, 5.74) is 3.92. The Bertz CT molecular complexity index is 734. The number of ether oxygens (including phenoxy) is 1. The summed E-state index contributed by atoms with van der Waals surface area (Å²) in [6.45, 7) is 2.25. The maximum Gasteiger partial charge on any atom is 0.335 e. The molecule has 2 aromatic rings. The van der Waals surface area contributed by atoms with Gasteiger partial charge in [-0.25, -0.2) is 4.79 Å². The Morgan fingerprint density at radius 1 is 1.08 bits per heavy atom. The molecule has 3 rings (SSSR count). The molecule has 1 aliphatic heterocycles. The lowest BCUT2D eigenvalue weighted by Crippen LogP contribution is -2.15. The molecule has 3 heteroatoms. The largest absolute Gasteiger partial charge is 0.485 e. The van der Waals surface area contributed by atoms with E-state index in [1.54, 1.807) is 18.2 Å². The molecule has 1 unspecified atom stereocenters. The fourth-order valence-corrected chi connectivity index (χ4v) is 3.59. The number of fused-ring (bicyclic) bond motifs is 1. The van der Waals surface area contributed by atoms with Crippen LogP contribution in [0.4, 0.5) is 0 Å². The highest BCUT2D eigenvalue weighted by Gasteiger charge is 2.22. The first-order valence-electron chi connectivity index (χ1n) is 9.79. The van der Waals surface area contributed by atoms with Crippen molar-refractivity contribution in [3.8, 4) is 5.75 Å². The Kier molecular flexibility index (Phi) is 6.32. The molecule has 1 aliphatic rings. The van der Waals surface area contributed by atoms with Crippen molar-refractivity contribution < 1.29 is 14.6 Å². The van der Waals surface area contributed by atoms with E-state index in [2.05, 4.69) is 31.2 Å².